The van der Waals surface area contributed by atoms with Gasteiger partial charge in [-0.1, -0.05) is 17.3 Å². The number of nitrogens with one attached hydrogen (secondary N) is 1. The lowest BCUT2D eigenvalue weighted by Gasteiger charge is -2.09. The monoisotopic (exact) mass is 446 g/mol. The summed E-state index contributed by atoms with van der Waals surface area (Å²) >= 11 is 0. The molecule has 0 aliphatic carbocycles. The van der Waals surface area contributed by atoms with E-state index in [9.17, 15) is 9.18 Å². The minimum absolute atomic E-state index is 0.105. The van der Waals surface area contributed by atoms with Crippen LogP contribution in [0.5, 0.6) is 5.75 Å². The molecule has 0 radical (unpaired) electrons. The quantitative estimate of drug-likeness (QED) is 0.617. The van der Waals surface area contributed by atoms with Gasteiger partial charge in [0, 0.05) is 24.7 Å². The molecule has 10 heteroatoms. The SMILES string of the molecule is COc1cc(CNC(=O)c2cc(C3=NOC(c4ccc(C#N)nc4)C3)nc(C)n2)ccc1F. The van der Waals surface area contributed by atoms with Crippen LogP contribution in [-0.4, -0.2) is 33.7 Å². The van der Waals surface area contributed by atoms with Crippen LogP contribution in [0.3, 0.4) is 0 Å². The fraction of sp³-hybridized carbons (Fsp3) is 0.217. The Kier molecular flexibility index (Phi) is 6.22. The maximum absolute atomic E-state index is 13.6. The van der Waals surface area contributed by atoms with E-state index in [0.717, 1.165) is 5.56 Å². The van der Waals surface area contributed by atoms with E-state index in [-0.39, 0.29) is 24.1 Å². The zero-order chi connectivity index (χ0) is 23.4. The molecule has 0 bridgehead atoms. The number of nitriles is 1. The summed E-state index contributed by atoms with van der Waals surface area (Å²) in [5.74, 6) is -0.365. The fourth-order valence-corrected chi connectivity index (χ4v) is 3.29. The van der Waals surface area contributed by atoms with E-state index in [1.807, 2.05) is 6.07 Å². The second-order valence-electron chi connectivity index (χ2n) is 7.26. The topological polar surface area (TPSA) is 122 Å². The largest absolute Gasteiger partial charge is 0.494 e. The molecule has 9 nitrogen and oxygen atoms in total. The van der Waals surface area contributed by atoms with Gasteiger partial charge in [0.25, 0.3) is 5.91 Å². The molecule has 1 amide bonds. The highest BCUT2D eigenvalue weighted by molar-refractivity contribution is 6.02. The van der Waals surface area contributed by atoms with Gasteiger partial charge in [-0.25, -0.2) is 19.3 Å². The number of oxime groups is 1. The maximum atomic E-state index is 13.6. The third-order valence-electron chi connectivity index (χ3n) is 4.98. The molecule has 1 N–H and O–H groups in total. The zero-order valence-electron chi connectivity index (χ0n) is 17.9. The van der Waals surface area contributed by atoms with Gasteiger partial charge in [0.05, 0.1) is 12.8 Å². The number of benzene rings is 1. The van der Waals surface area contributed by atoms with Gasteiger partial charge in [0.1, 0.15) is 29.0 Å². The third kappa shape index (κ3) is 4.93. The Morgan fingerprint density at radius 3 is 2.88 bits per heavy atom. The van der Waals surface area contributed by atoms with Crippen molar-refractivity contribution < 1.29 is 18.8 Å². The van der Waals surface area contributed by atoms with Crippen molar-refractivity contribution in [3.05, 3.63) is 82.4 Å². The molecule has 1 aliphatic rings. The van der Waals surface area contributed by atoms with Crippen LogP contribution in [0.15, 0.2) is 47.8 Å². The minimum atomic E-state index is -0.474. The first-order valence-corrected chi connectivity index (χ1v) is 10.0. The van der Waals surface area contributed by atoms with Gasteiger partial charge in [-0.2, -0.15) is 5.26 Å². The van der Waals surface area contributed by atoms with Crippen molar-refractivity contribution in [2.45, 2.75) is 26.0 Å². The first-order valence-electron chi connectivity index (χ1n) is 10.0. The number of ether oxygens (including phenoxy) is 1. The summed E-state index contributed by atoms with van der Waals surface area (Å²) in [6, 6.07) is 11.3. The fourth-order valence-electron chi connectivity index (χ4n) is 3.29. The number of aromatic nitrogens is 3. The number of halogens is 1. The number of carbonyl (C=O) groups is 1. The van der Waals surface area contributed by atoms with E-state index in [1.54, 1.807) is 37.4 Å². The second-order valence-corrected chi connectivity index (χ2v) is 7.26. The Hall–Kier alpha value is -4.39. The molecule has 0 saturated carbocycles. The lowest BCUT2D eigenvalue weighted by molar-refractivity contribution is 0.0855. The maximum Gasteiger partial charge on any atom is 0.270 e. The van der Waals surface area contributed by atoms with Gasteiger partial charge in [0.15, 0.2) is 17.7 Å². The number of hydrogen-bond acceptors (Lipinski definition) is 8. The van der Waals surface area contributed by atoms with Crippen LogP contribution in [0.25, 0.3) is 0 Å². The summed E-state index contributed by atoms with van der Waals surface area (Å²) in [6.07, 6.45) is 1.65. The third-order valence-corrected chi connectivity index (χ3v) is 4.98. The number of rotatable bonds is 6. The second kappa shape index (κ2) is 9.40. The molecule has 3 aromatic rings. The number of hydrogen-bond donors (Lipinski definition) is 1. The standard InChI is InChI=1S/C23H19FN6O3/c1-13-28-18(19-9-21(33-30-19)15-4-5-16(10-25)26-12-15)8-20(29-13)23(31)27-11-14-3-6-17(24)22(7-14)32-2/h3-8,12,21H,9,11H2,1-2H3,(H,27,31). The van der Waals surface area contributed by atoms with E-state index in [4.69, 9.17) is 14.8 Å². The van der Waals surface area contributed by atoms with Crippen molar-refractivity contribution in [2.24, 2.45) is 5.16 Å². The molecule has 2 aromatic heterocycles. The number of pyridine rings is 1. The summed E-state index contributed by atoms with van der Waals surface area (Å²) in [5, 5.41) is 15.8. The molecule has 4 rings (SSSR count). The molecule has 1 atom stereocenters. The average molecular weight is 446 g/mol. The first kappa shape index (κ1) is 21.8. The first-order chi connectivity index (χ1) is 16.0. The van der Waals surface area contributed by atoms with Crippen molar-refractivity contribution in [1.29, 1.82) is 5.26 Å². The molecular weight excluding hydrogens is 427 g/mol. The van der Waals surface area contributed by atoms with Crippen LogP contribution in [-0.2, 0) is 11.4 Å². The lowest BCUT2D eigenvalue weighted by atomic mass is 10.0. The van der Waals surface area contributed by atoms with E-state index >= 15 is 0 Å². The summed E-state index contributed by atoms with van der Waals surface area (Å²) in [7, 11) is 1.38. The number of methoxy groups -OCH3 is 1. The van der Waals surface area contributed by atoms with Gasteiger partial charge >= 0.3 is 0 Å². The molecule has 0 saturated heterocycles. The van der Waals surface area contributed by atoms with E-state index < -0.39 is 11.7 Å². The number of aryl methyl sites for hydroxylation is 1. The summed E-state index contributed by atoms with van der Waals surface area (Å²) in [4.78, 5) is 30.9. The van der Waals surface area contributed by atoms with E-state index in [1.165, 1.54) is 19.2 Å². The van der Waals surface area contributed by atoms with Gasteiger partial charge in [-0.3, -0.25) is 4.79 Å². The van der Waals surface area contributed by atoms with E-state index in [0.29, 0.717) is 34.9 Å². The summed E-state index contributed by atoms with van der Waals surface area (Å²) in [6.45, 7) is 1.86. The Labute approximate surface area is 188 Å². The Morgan fingerprint density at radius 1 is 1.30 bits per heavy atom. The van der Waals surface area contributed by atoms with Crippen LogP contribution in [0, 0.1) is 24.1 Å². The van der Waals surface area contributed by atoms with Crippen molar-refractivity contribution in [2.75, 3.05) is 7.11 Å². The van der Waals surface area contributed by atoms with Crippen LogP contribution in [0.2, 0.25) is 0 Å². The molecular formula is C23H19FN6O3. The number of nitrogens with zero attached hydrogens (tertiary/aromatic N) is 5. The number of carbonyl (C=O) groups excluding carboxylic acids is 1. The smallest absolute Gasteiger partial charge is 0.270 e. The van der Waals surface area contributed by atoms with Crippen molar-refractivity contribution in [3.8, 4) is 11.8 Å². The highest BCUT2D eigenvalue weighted by Gasteiger charge is 2.26. The summed E-state index contributed by atoms with van der Waals surface area (Å²) < 4.78 is 18.5. The summed E-state index contributed by atoms with van der Waals surface area (Å²) in [5.41, 5.74) is 3.02. The van der Waals surface area contributed by atoms with E-state index in [2.05, 4.69) is 25.4 Å². The molecule has 33 heavy (non-hydrogen) atoms. The molecule has 3 heterocycles. The Bertz CT molecular complexity index is 1270. The Balaban J connectivity index is 1.45. The number of amides is 1. The minimum Gasteiger partial charge on any atom is -0.494 e. The highest BCUT2D eigenvalue weighted by Crippen LogP contribution is 2.29. The van der Waals surface area contributed by atoms with Gasteiger partial charge in [-0.05, 0) is 36.8 Å². The molecule has 0 fully saturated rings. The van der Waals surface area contributed by atoms with Crippen molar-refractivity contribution in [3.63, 3.8) is 0 Å². The zero-order valence-corrected chi connectivity index (χ0v) is 17.9. The Morgan fingerprint density at radius 2 is 2.15 bits per heavy atom. The molecule has 0 spiro atoms. The predicted octanol–water partition coefficient (Wildman–Crippen LogP) is 3.00. The molecule has 1 unspecified atom stereocenters. The van der Waals surface area contributed by atoms with Crippen molar-refractivity contribution in [1.82, 2.24) is 20.3 Å². The normalized spacial score (nSPS) is 14.7. The highest BCUT2D eigenvalue weighted by atomic mass is 19.1. The molecule has 1 aromatic carbocycles. The van der Waals surface area contributed by atoms with Gasteiger partial charge in [-0.15, -0.1) is 0 Å². The lowest BCUT2D eigenvalue weighted by Crippen LogP contribution is -2.25. The average Bonchev–Trinajstić information content (AvgIpc) is 3.33. The predicted molar refractivity (Wildman–Crippen MR) is 115 cm³/mol. The van der Waals surface area contributed by atoms with Crippen molar-refractivity contribution >= 4 is 11.6 Å². The van der Waals surface area contributed by atoms with Gasteiger partial charge < -0.3 is 14.9 Å². The van der Waals surface area contributed by atoms with Crippen LogP contribution in [0.1, 0.15) is 51.4 Å². The molecule has 166 valence electrons. The van der Waals surface area contributed by atoms with Crippen LogP contribution < -0.4 is 10.1 Å². The van der Waals surface area contributed by atoms with Crippen LogP contribution in [0.4, 0.5) is 4.39 Å². The van der Waals surface area contributed by atoms with Crippen LogP contribution >= 0.6 is 0 Å². The molecule has 1 aliphatic heterocycles. The van der Waals surface area contributed by atoms with Gasteiger partial charge in [0.2, 0.25) is 0 Å².